The number of hydrogen-bond acceptors (Lipinski definition) is 2. The number of quaternary nitrogens is 1. The van der Waals surface area contributed by atoms with E-state index in [9.17, 15) is 0 Å². The minimum Gasteiger partial charge on any atom is -0.497 e. The summed E-state index contributed by atoms with van der Waals surface area (Å²) in [5.74, 6) is 1.70. The number of methoxy groups -OCH3 is 2. The molecule has 0 heterocycles. The van der Waals surface area contributed by atoms with Crippen LogP contribution in [0.5, 0.6) is 11.5 Å². The van der Waals surface area contributed by atoms with Crippen molar-refractivity contribution in [3.63, 3.8) is 0 Å². The van der Waals surface area contributed by atoms with E-state index in [-0.39, 0.29) is 0 Å². The van der Waals surface area contributed by atoms with Crippen molar-refractivity contribution in [3.8, 4) is 11.5 Å². The Bertz CT molecular complexity index is 511. The number of ether oxygens (including phenoxy) is 2. The molecule has 0 saturated carbocycles. The number of hydrogen-bond donors (Lipinski definition) is 1. The van der Waals surface area contributed by atoms with Crippen LogP contribution in [-0.2, 0) is 13.1 Å². The fourth-order valence-electron chi connectivity index (χ4n) is 2.03. The summed E-state index contributed by atoms with van der Waals surface area (Å²) in [7, 11) is 3.35. The van der Waals surface area contributed by atoms with Crippen molar-refractivity contribution in [1.82, 2.24) is 0 Å². The Hall–Kier alpha value is -2.00. The second-order valence-electron chi connectivity index (χ2n) is 4.36. The van der Waals surface area contributed by atoms with Gasteiger partial charge < -0.3 is 14.8 Å². The molecule has 3 heteroatoms. The van der Waals surface area contributed by atoms with E-state index >= 15 is 0 Å². The lowest BCUT2D eigenvalue weighted by molar-refractivity contribution is -0.686. The Morgan fingerprint density at radius 1 is 0.895 bits per heavy atom. The molecule has 2 aromatic rings. The quantitative estimate of drug-likeness (QED) is 0.859. The Labute approximate surface area is 114 Å². The predicted octanol–water partition coefficient (Wildman–Crippen LogP) is 1.97. The molecule has 0 amide bonds. The molecule has 0 unspecified atom stereocenters. The minimum absolute atomic E-state index is 0.823. The van der Waals surface area contributed by atoms with Crippen molar-refractivity contribution in [3.05, 3.63) is 59.7 Å². The highest BCUT2D eigenvalue weighted by Crippen LogP contribution is 2.23. The van der Waals surface area contributed by atoms with Gasteiger partial charge in [-0.25, -0.2) is 0 Å². The third-order valence-corrected chi connectivity index (χ3v) is 3.08. The smallest absolute Gasteiger partial charge is 0.131 e. The van der Waals surface area contributed by atoms with E-state index in [1.807, 2.05) is 18.2 Å². The molecule has 0 fully saturated rings. The summed E-state index contributed by atoms with van der Waals surface area (Å²) in [6, 6.07) is 16.4. The van der Waals surface area contributed by atoms with Crippen molar-refractivity contribution < 1.29 is 14.8 Å². The minimum atomic E-state index is 0.823. The molecule has 2 aromatic carbocycles. The van der Waals surface area contributed by atoms with Crippen LogP contribution in [0.2, 0.25) is 0 Å². The molecule has 2 N–H and O–H groups in total. The van der Waals surface area contributed by atoms with E-state index in [1.165, 1.54) is 11.1 Å². The third-order valence-electron chi connectivity index (χ3n) is 3.08. The van der Waals surface area contributed by atoms with Crippen LogP contribution in [0.4, 0.5) is 0 Å². The number of benzene rings is 2. The van der Waals surface area contributed by atoms with Gasteiger partial charge in [0.1, 0.15) is 24.6 Å². The first-order chi connectivity index (χ1) is 9.33. The molecule has 100 valence electrons. The van der Waals surface area contributed by atoms with Crippen LogP contribution < -0.4 is 14.8 Å². The van der Waals surface area contributed by atoms with Crippen molar-refractivity contribution in [2.45, 2.75) is 13.1 Å². The molecule has 0 bridgehead atoms. The summed E-state index contributed by atoms with van der Waals surface area (Å²) in [4.78, 5) is 0. The lowest BCUT2D eigenvalue weighted by atomic mass is 10.1. The van der Waals surface area contributed by atoms with Gasteiger partial charge in [-0.15, -0.1) is 0 Å². The van der Waals surface area contributed by atoms with Gasteiger partial charge >= 0.3 is 0 Å². The second-order valence-corrected chi connectivity index (χ2v) is 4.36. The summed E-state index contributed by atoms with van der Waals surface area (Å²) in [5.41, 5.74) is 2.51. The first-order valence-corrected chi connectivity index (χ1v) is 6.40. The average molecular weight is 258 g/mol. The molecule has 0 aliphatic rings. The van der Waals surface area contributed by atoms with Crippen LogP contribution in [0.3, 0.4) is 0 Å². The SMILES string of the molecule is COc1ccc(C[NH2+]Cc2ccccc2)c(OC)c1. The van der Waals surface area contributed by atoms with E-state index in [0.29, 0.717) is 0 Å². The zero-order valence-corrected chi connectivity index (χ0v) is 11.4. The van der Waals surface area contributed by atoms with Crippen molar-refractivity contribution in [2.75, 3.05) is 14.2 Å². The van der Waals surface area contributed by atoms with E-state index in [4.69, 9.17) is 9.47 Å². The molecule has 0 saturated heterocycles. The Kier molecular flexibility index (Phi) is 4.81. The number of rotatable bonds is 6. The average Bonchev–Trinajstić information content (AvgIpc) is 2.48. The van der Waals surface area contributed by atoms with E-state index < -0.39 is 0 Å². The highest BCUT2D eigenvalue weighted by Gasteiger charge is 2.06. The van der Waals surface area contributed by atoms with Crippen LogP contribution in [0.1, 0.15) is 11.1 Å². The zero-order valence-electron chi connectivity index (χ0n) is 11.4. The van der Waals surface area contributed by atoms with Gasteiger partial charge in [-0.1, -0.05) is 30.3 Å². The fourth-order valence-corrected chi connectivity index (χ4v) is 2.03. The van der Waals surface area contributed by atoms with Crippen LogP contribution >= 0.6 is 0 Å². The maximum Gasteiger partial charge on any atom is 0.131 e. The van der Waals surface area contributed by atoms with Crippen molar-refractivity contribution in [1.29, 1.82) is 0 Å². The van der Waals surface area contributed by atoms with Gasteiger partial charge in [-0.3, -0.25) is 0 Å². The maximum atomic E-state index is 5.39. The van der Waals surface area contributed by atoms with Gasteiger partial charge in [0.25, 0.3) is 0 Å². The van der Waals surface area contributed by atoms with Gasteiger partial charge in [-0.2, -0.15) is 0 Å². The highest BCUT2D eigenvalue weighted by atomic mass is 16.5. The van der Waals surface area contributed by atoms with Crippen LogP contribution in [-0.4, -0.2) is 14.2 Å². The zero-order chi connectivity index (χ0) is 13.5. The number of nitrogens with two attached hydrogens (primary N) is 1. The van der Waals surface area contributed by atoms with E-state index in [0.717, 1.165) is 24.6 Å². The van der Waals surface area contributed by atoms with E-state index in [2.05, 4.69) is 35.6 Å². The molecule has 0 aliphatic heterocycles. The summed E-state index contributed by atoms with van der Waals surface area (Å²) in [5, 5.41) is 2.26. The molecule has 0 radical (unpaired) electrons. The molecule has 0 spiro atoms. The summed E-state index contributed by atoms with van der Waals surface area (Å²) < 4.78 is 10.6. The third kappa shape index (κ3) is 3.73. The van der Waals surface area contributed by atoms with Gasteiger partial charge in [0.05, 0.1) is 14.2 Å². The lowest BCUT2D eigenvalue weighted by Crippen LogP contribution is -2.80. The molecule has 0 aliphatic carbocycles. The Balaban J connectivity index is 1.96. The topological polar surface area (TPSA) is 35.1 Å². The highest BCUT2D eigenvalue weighted by molar-refractivity contribution is 5.40. The summed E-state index contributed by atoms with van der Waals surface area (Å²) >= 11 is 0. The van der Waals surface area contributed by atoms with Crippen molar-refractivity contribution >= 4 is 0 Å². The van der Waals surface area contributed by atoms with Gasteiger partial charge in [0.15, 0.2) is 0 Å². The van der Waals surface area contributed by atoms with Gasteiger partial charge in [0.2, 0.25) is 0 Å². The molecular formula is C16H20NO2+. The molecule has 0 aromatic heterocycles. The first kappa shape index (κ1) is 13.4. The molecule has 19 heavy (non-hydrogen) atoms. The van der Waals surface area contributed by atoms with Gasteiger partial charge in [0, 0.05) is 17.2 Å². The Morgan fingerprint density at radius 3 is 2.37 bits per heavy atom. The fraction of sp³-hybridized carbons (Fsp3) is 0.250. The first-order valence-electron chi connectivity index (χ1n) is 6.40. The standard InChI is InChI=1S/C16H19NO2/c1-18-15-9-8-14(16(10-15)19-2)12-17-11-13-6-4-3-5-7-13/h3-10,17H,11-12H2,1-2H3/p+1. The Morgan fingerprint density at radius 2 is 1.68 bits per heavy atom. The lowest BCUT2D eigenvalue weighted by Gasteiger charge is -2.09. The maximum absolute atomic E-state index is 5.39. The summed E-state index contributed by atoms with van der Waals surface area (Å²) in [6.07, 6.45) is 0. The van der Waals surface area contributed by atoms with Crippen molar-refractivity contribution in [2.24, 2.45) is 0 Å². The molecular weight excluding hydrogens is 238 g/mol. The van der Waals surface area contributed by atoms with Crippen LogP contribution in [0, 0.1) is 0 Å². The predicted molar refractivity (Wildman–Crippen MR) is 75.3 cm³/mol. The second kappa shape index (κ2) is 6.81. The van der Waals surface area contributed by atoms with Crippen LogP contribution in [0.15, 0.2) is 48.5 Å². The summed E-state index contributed by atoms with van der Waals surface area (Å²) in [6.45, 7) is 1.86. The van der Waals surface area contributed by atoms with Crippen LogP contribution in [0.25, 0.3) is 0 Å². The molecule has 3 nitrogen and oxygen atoms in total. The van der Waals surface area contributed by atoms with E-state index in [1.54, 1.807) is 14.2 Å². The monoisotopic (exact) mass is 258 g/mol. The largest absolute Gasteiger partial charge is 0.497 e. The van der Waals surface area contributed by atoms with Gasteiger partial charge in [-0.05, 0) is 12.1 Å². The molecule has 2 rings (SSSR count). The molecule has 0 atom stereocenters. The normalized spacial score (nSPS) is 10.2.